The van der Waals surface area contributed by atoms with E-state index >= 15 is 0 Å². The SMILES string of the molecule is CC1OCc2sc(N)c(C(=O)C3CCC3)c21. The Morgan fingerprint density at radius 2 is 2.25 bits per heavy atom. The molecule has 0 spiro atoms. The van der Waals surface area contributed by atoms with Crippen molar-refractivity contribution in [2.24, 2.45) is 5.92 Å². The van der Waals surface area contributed by atoms with Crippen LogP contribution in [0, 0.1) is 5.92 Å². The summed E-state index contributed by atoms with van der Waals surface area (Å²) in [6.45, 7) is 2.61. The molecule has 0 amide bonds. The minimum Gasteiger partial charge on any atom is -0.390 e. The first kappa shape index (κ1) is 10.3. The summed E-state index contributed by atoms with van der Waals surface area (Å²) in [5.74, 6) is 0.465. The zero-order valence-corrected chi connectivity index (χ0v) is 10.1. The fourth-order valence-corrected chi connectivity index (χ4v) is 3.54. The average molecular weight is 237 g/mol. The van der Waals surface area contributed by atoms with E-state index < -0.39 is 0 Å². The number of anilines is 1. The Labute approximate surface area is 98.6 Å². The number of Topliss-reactive ketones (excluding diaryl/α,β-unsaturated/α-hetero) is 1. The number of nitrogens with two attached hydrogens (primary N) is 1. The molecule has 86 valence electrons. The van der Waals surface area contributed by atoms with Crippen LogP contribution in [0.5, 0.6) is 0 Å². The molecule has 1 atom stereocenters. The molecule has 0 saturated heterocycles. The van der Waals surface area contributed by atoms with Crippen molar-refractivity contribution in [1.29, 1.82) is 0 Å². The molecular weight excluding hydrogens is 222 g/mol. The van der Waals surface area contributed by atoms with Crippen LogP contribution in [0.25, 0.3) is 0 Å². The molecule has 1 aliphatic carbocycles. The highest BCUT2D eigenvalue weighted by Crippen LogP contribution is 2.44. The number of hydrogen-bond acceptors (Lipinski definition) is 4. The Bertz CT molecular complexity index is 448. The Morgan fingerprint density at radius 3 is 2.88 bits per heavy atom. The Morgan fingerprint density at radius 1 is 1.50 bits per heavy atom. The molecule has 16 heavy (non-hydrogen) atoms. The molecule has 3 rings (SSSR count). The average Bonchev–Trinajstić information content (AvgIpc) is 2.63. The Balaban J connectivity index is 2.02. The van der Waals surface area contributed by atoms with Crippen LogP contribution in [-0.4, -0.2) is 5.78 Å². The van der Waals surface area contributed by atoms with Gasteiger partial charge in [-0.1, -0.05) is 6.42 Å². The van der Waals surface area contributed by atoms with Crippen molar-refractivity contribution in [3.8, 4) is 0 Å². The lowest BCUT2D eigenvalue weighted by Crippen LogP contribution is -2.23. The summed E-state index contributed by atoms with van der Waals surface area (Å²) in [7, 11) is 0. The lowest BCUT2D eigenvalue weighted by atomic mass is 9.79. The van der Waals surface area contributed by atoms with Gasteiger partial charge in [-0.25, -0.2) is 0 Å². The number of thiophene rings is 1. The van der Waals surface area contributed by atoms with Crippen molar-refractivity contribution in [3.05, 3.63) is 16.0 Å². The van der Waals surface area contributed by atoms with Gasteiger partial charge in [-0.05, 0) is 19.8 Å². The molecule has 1 unspecified atom stereocenters. The van der Waals surface area contributed by atoms with Gasteiger partial charge in [-0.3, -0.25) is 4.79 Å². The lowest BCUT2D eigenvalue weighted by Gasteiger charge is -2.24. The van der Waals surface area contributed by atoms with Gasteiger partial charge in [-0.15, -0.1) is 11.3 Å². The number of fused-ring (bicyclic) bond motifs is 1. The molecule has 1 saturated carbocycles. The second-order valence-corrected chi connectivity index (χ2v) is 5.76. The number of carbonyl (C=O) groups is 1. The van der Waals surface area contributed by atoms with Gasteiger partial charge in [-0.2, -0.15) is 0 Å². The van der Waals surface area contributed by atoms with Gasteiger partial charge in [0, 0.05) is 16.4 Å². The summed E-state index contributed by atoms with van der Waals surface area (Å²) in [6.07, 6.45) is 3.26. The quantitative estimate of drug-likeness (QED) is 0.805. The molecule has 2 aliphatic rings. The highest BCUT2D eigenvalue weighted by molar-refractivity contribution is 7.16. The molecule has 1 fully saturated rings. The van der Waals surface area contributed by atoms with Gasteiger partial charge in [0.1, 0.15) is 0 Å². The van der Waals surface area contributed by atoms with E-state index in [1.807, 2.05) is 6.92 Å². The zero-order valence-electron chi connectivity index (χ0n) is 9.29. The predicted octanol–water partition coefficient (Wildman–Crippen LogP) is 2.90. The van der Waals surface area contributed by atoms with Crippen LogP contribution in [0.2, 0.25) is 0 Å². The van der Waals surface area contributed by atoms with Gasteiger partial charge in [0.2, 0.25) is 0 Å². The Hall–Kier alpha value is -0.870. The first-order chi connectivity index (χ1) is 7.68. The first-order valence-corrected chi connectivity index (χ1v) is 6.57. The van der Waals surface area contributed by atoms with E-state index in [1.54, 1.807) is 0 Å². The van der Waals surface area contributed by atoms with Gasteiger partial charge in [0.15, 0.2) is 5.78 Å². The second kappa shape index (κ2) is 3.57. The number of nitrogen functional groups attached to an aromatic ring is 1. The molecular formula is C12H15NO2S. The topological polar surface area (TPSA) is 52.3 Å². The highest BCUT2D eigenvalue weighted by atomic mass is 32.1. The van der Waals surface area contributed by atoms with Crippen LogP contribution in [0.3, 0.4) is 0 Å². The van der Waals surface area contributed by atoms with Crippen molar-refractivity contribution in [2.75, 3.05) is 5.73 Å². The van der Waals surface area contributed by atoms with Gasteiger partial charge in [0.05, 0.1) is 23.3 Å². The van der Waals surface area contributed by atoms with E-state index in [0.717, 1.165) is 28.8 Å². The number of rotatable bonds is 2. The largest absolute Gasteiger partial charge is 0.390 e. The van der Waals surface area contributed by atoms with Gasteiger partial charge < -0.3 is 10.5 Å². The van der Waals surface area contributed by atoms with Crippen LogP contribution in [-0.2, 0) is 11.3 Å². The fraction of sp³-hybridized carbons (Fsp3) is 0.583. The van der Waals surface area contributed by atoms with Gasteiger partial charge in [0.25, 0.3) is 0 Å². The number of ketones is 1. The number of carbonyl (C=O) groups excluding carboxylic acids is 1. The maximum Gasteiger partial charge on any atom is 0.169 e. The molecule has 1 aromatic heterocycles. The molecule has 0 radical (unpaired) electrons. The summed E-state index contributed by atoms with van der Waals surface area (Å²) in [5.41, 5.74) is 7.82. The summed E-state index contributed by atoms with van der Waals surface area (Å²) < 4.78 is 5.54. The second-order valence-electron chi connectivity index (χ2n) is 4.62. The summed E-state index contributed by atoms with van der Waals surface area (Å²) >= 11 is 1.52. The van der Waals surface area contributed by atoms with Gasteiger partial charge >= 0.3 is 0 Å². The third-order valence-corrected chi connectivity index (χ3v) is 4.65. The maximum absolute atomic E-state index is 12.3. The minimum absolute atomic E-state index is 0.0302. The standard InChI is InChI=1S/C12H15NO2S/c1-6-9-8(5-15-6)16-12(13)10(9)11(14)7-3-2-4-7/h6-7H,2-5,13H2,1H3. The van der Waals surface area contributed by atoms with Crippen LogP contribution in [0.15, 0.2) is 0 Å². The molecule has 0 aromatic carbocycles. The summed E-state index contributed by atoms with van der Waals surface area (Å²) in [6, 6.07) is 0. The van der Waals surface area contributed by atoms with Crippen LogP contribution in [0.1, 0.15) is 53.1 Å². The molecule has 1 aliphatic heterocycles. The Kier molecular flexibility index (Phi) is 2.30. The maximum atomic E-state index is 12.3. The zero-order chi connectivity index (χ0) is 11.3. The van der Waals surface area contributed by atoms with E-state index in [9.17, 15) is 4.79 Å². The molecule has 2 N–H and O–H groups in total. The first-order valence-electron chi connectivity index (χ1n) is 5.75. The number of ether oxygens (including phenoxy) is 1. The molecule has 1 aromatic rings. The summed E-state index contributed by atoms with van der Waals surface area (Å²) in [4.78, 5) is 13.4. The highest BCUT2D eigenvalue weighted by Gasteiger charge is 2.35. The van der Waals surface area contributed by atoms with E-state index in [1.165, 1.54) is 17.8 Å². The van der Waals surface area contributed by atoms with E-state index in [0.29, 0.717) is 11.6 Å². The van der Waals surface area contributed by atoms with Crippen molar-refractivity contribution < 1.29 is 9.53 Å². The normalized spacial score (nSPS) is 24.2. The van der Waals surface area contributed by atoms with Crippen molar-refractivity contribution >= 4 is 22.1 Å². The van der Waals surface area contributed by atoms with E-state index in [2.05, 4.69) is 0 Å². The smallest absolute Gasteiger partial charge is 0.169 e. The molecule has 3 nitrogen and oxygen atoms in total. The monoisotopic (exact) mass is 237 g/mol. The molecule has 4 heteroatoms. The predicted molar refractivity (Wildman–Crippen MR) is 63.6 cm³/mol. The number of hydrogen-bond donors (Lipinski definition) is 1. The minimum atomic E-state index is 0.0302. The van der Waals surface area contributed by atoms with E-state index in [-0.39, 0.29) is 17.8 Å². The van der Waals surface area contributed by atoms with Crippen molar-refractivity contribution in [3.63, 3.8) is 0 Å². The third kappa shape index (κ3) is 1.33. The van der Waals surface area contributed by atoms with Crippen molar-refractivity contribution in [1.82, 2.24) is 0 Å². The summed E-state index contributed by atoms with van der Waals surface area (Å²) in [5, 5.41) is 0.692. The molecule has 0 bridgehead atoms. The van der Waals surface area contributed by atoms with Crippen molar-refractivity contribution in [2.45, 2.75) is 38.9 Å². The van der Waals surface area contributed by atoms with Crippen LogP contribution in [0.4, 0.5) is 5.00 Å². The molecule has 2 heterocycles. The van der Waals surface area contributed by atoms with Crippen LogP contribution >= 0.6 is 11.3 Å². The third-order valence-electron chi connectivity index (χ3n) is 3.64. The van der Waals surface area contributed by atoms with E-state index in [4.69, 9.17) is 10.5 Å². The lowest BCUT2D eigenvalue weighted by molar-refractivity contribution is 0.0766. The fourth-order valence-electron chi connectivity index (χ4n) is 2.46. The van der Waals surface area contributed by atoms with Crippen LogP contribution < -0.4 is 5.73 Å².